The quantitative estimate of drug-likeness (QED) is 0.566. The predicted octanol–water partition coefficient (Wildman–Crippen LogP) is 4.47. The maximum absolute atomic E-state index is 14.1. The first-order valence-corrected chi connectivity index (χ1v) is 7.77. The molecule has 1 heterocycles. The van der Waals surface area contributed by atoms with Crippen LogP contribution in [0.4, 0.5) is 10.1 Å². The van der Waals surface area contributed by atoms with Crippen molar-refractivity contribution in [2.45, 2.75) is 6.54 Å². The van der Waals surface area contributed by atoms with E-state index in [1.165, 1.54) is 6.07 Å². The van der Waals surface area contributed by atoms with Crippen LogP contribution in [0.15, 0.2) is 72.8 Å². The minimum Gasteiger partial charge on any atom is -0.399 e. The Labute approximate surface area is 139 Å². The third-order valence-electron chi connectivity index (χ3n) is 4.09. The second kappa shape index (κ2) is 5.81. The van der Waals surface area contributed by atoms with Crippen molar-refractivity contribution in [3.63, 3.8) is 0 Å². The molecule has 0 aliphatic carbocycles. The smallest absolute Gasteiger partial charge is 0.141 e. The molecular formula is C20H16FN3. The zero-order valence-electron chi connectivity index (χ0n) is 13.0. The van der Waals surface area contributed by atoms with Gasteiger partial charge in [-0.2, -0.15) is 0 Å². The Hall–Kier alpha value is -3.14. The molecular weight excluding hydrogens is 301 g/mol. The summed E-state index contributed by atoms with van der Waals surface area (Å²) in [7, 11) is 0. The number of nitrogen functional groups attached to an aromatic ring is 1. The first kappa shape index (κ1) is 14.5. The second-order valence-corrected chi connectivity index (χ2v) is 5.73. The highest BCUT2D eigenvalue weighted by molar-refractivity contribution is 5.81. The second-order valence-electron chi connectivity index (χ2n) is 5.73. The highest BCUT2D eigenvalue weighted by Gasteiger charge is 2.14. The summed E-state index contributed by atoms with van der Waals surface area (Å²) < 4.78 is 16.2. The molecule has 0 atom stereocenters. The Morgan fingerprint density at radius 2 is 1.71 bits per heavy atom. The standard InChI is InChI=1S/C20H16FN3/c21-17-9-2-1-6-15(17)13-24-19-11-4-3-10-18(19)23-20(24)14-7-5-8-16(22)12-14/h1-12H,13,22H2. The summed E-state index contributed by atoms with van der Waals surface area (Å²) >= 11 is 0. The number of fused-ring (bicyclic) bond motifs is 1. The van der Waals surface area contributed by atoms with E-state index in [0.717, 1.165) is 22.4 Å². The Morgan fingerprint density at radius 1 is 0.917 bits per heavy atom. The number of nitrogens with two attached hydrogens (primary N) is 1. The van der Waals surface area contributed by atoms with Gasteiger partial charge >= 0.3 is 0 Å². The predicted molar refractivity (Wildman–Crippen MR) is 95.1 cm³/mol. The van der Waals surface area contributed by atoms with Crippen molar-refractivity contribution in [1.82, 2.24) is 9.55 Å². The molecule has 0 fully saturated rings. The van der Waals surface area contributed by atoms with Crippen LogP contribution in [-0.4, -0.2) is 9.55 Å². The fourth-order valence-electron chi connectivity index (χ4n) is 2.93. The van der Waals surface area contributed by atoms with Gasteiger partial charge in [-0.15, -0.1) is 0 Å². The average Bonchev–Trinajstić information content (AvgIpc) is 2.96. The van der Waals surface area contributed by atoms with Crippen molar-refractivity contribution >= 4 is 16.7 Å². The third-order valence-corrected chi connectivity index (χ3v) is 4.09. The van der Waals surface area contributed by atoms with Crippen molar-refractivity contribution < 1.29 is 4.39 Å². The summed E-state index contributed by atoms with van der Waals surface area (Å²) in [6.07, 6.45) is 0. The van der Waals surface area contributed by atoms with Gasteiger partial charge in [-0.1, -0.05) is 42.5 Å². The van der Waals surface area contributed by atoms with Crippen LogP contribution < -0.4 is 5.73 Å². The van der Waals surface area contributed by atoms with Crippen LogP contribution in [0.25, 0.3) is 22.4 Å². The number of halogens is 1. The van der Waals surface area contributed by atoms with E-state index in [-0.39, 0.29) is 5.82 Å². The fraction of sp³-hybridized carbons (Fsp3) is 0.0500. The van der Waals surface area contributed by atoms with Gasteiger partial charge in [-0.3, -0.25) is 0 Å². The summed E-state index contributed by atoms with van der Waals surface area (Å²) in [5.74, 6) is 0.570. The molecule has 3 nitrogen and oxygen atoms in total. The van der Waals surface area contributed by atoms with Crippen LogP contribution in [0.5, 0.6) is 0 Å². The van der Waals surface area contributed by atoms with Gasteiger partial charge in [0.1, 0.15) is 11.6 Å². The molecule has 0 bridgehead atoms. The summed E-state index contributed by atoms with van der Waals surface area (Å²) in [6, 6.07) is 22.3. The molecule has 24 heavy (non-hydrogen) atoms. The topological polar surface area (TPSA) is 43.8 Å². The molecule has 0 amide bonds. The normalized spacial score (nSPS) is 11.0. The van der Waals surface area contributed by atoms with Gasteiger partial charge in [0, 0.05) is 16.8 Å². The number of nitrogens with zero attached hydrogens (tertiary/aromatic N) is 2. The fourth-order valence-corrected chi connectivity index (χ4v) is 2.93. The van der Waals surface area contributed by atoms with Gasteiger partial charge in [0.25, 0.3) is 0 Å². The van der Waals surface area contributed by atoms with E-state index in [1.54, 1.807) is 12.1 Å². The number of hydrogen-bond acceptors (Lipinski definition) is 2. The van der Waals surface area contributed by atoms with Crippen LogP contribution in [0.3, 0.4) is 0 Å². The highest BCUT2D eigenvalue weighted by atomic mass is 19.1. The minimum absolute atomic E-state index is 0.214. The molecule has 1 aromatic heterocycles. The maximum atomic E-state index is 14.1. The van der Waals surface area contributed by atoms with Crippen molar-refractivity contribution in [3.8, 4) is 11.4 Å². The number of anilines is 1. The Morgan fingerprint density at radius 3 is 2.54 bits per heavy atom. The number of imidazole rings is 1. The first-order chi connectivity index (χ1) is 11.7. The van der Waals surface area contributed by atoms with E-state index in [0.29, 0.717) is 17.8 Å². The van der Waals surface area contributed by atoms with Gasteiger partial charge in [-0.25, -0.2) is 9.37 Å². The van der Waals surface area contributed by atoms with E-state index in [9.17, 15) is 4.39 Å². The van der Waals surface area contributed by atoms with Crippen molar-refractivity contribution in [2.24, 2.45) is 0 Å². The third kappa shape index (κ3) is 2.52. The van der Waals surface area contributed by atoms with Crippen LogP contribution >= 0.6 is 0 Å². The molecule has 0 saturated heterocycles. The van der Waals surface area contributed by atoms with E-state index >= 15 is 0 Å². The molecule has 0 aliphatic rings. The molecule has 4 aromatic rings. The van der Waals surface area contributed by atoms with E-state index in [2.05, 4.69) is 0 Å². The molecule has 0 saturated carbocycles. The van der Waals surface area contributed by atoms with E-state index in [1.807, 2.05) is 59.2 Å². The van der Waals surface area contributed by atoms with Crippen LogP contribution in [0.2, 0.25) is 0 Å². The molecule has 118 valence electrons. The largest absolute Gasteiger partial charge is 0.399 e. The molecule has 4 rings (SSSR count). The van der Waals surface area contributed by atoms with Crippen LogP contribution in [0, 0.1) is 5.82 Å². The number of rotatable bonds is 3. The summed E-state index contributed by atoms with van der Waals surface area (Å²) in [5.41, 5.74) is 10.00. The van der Waals surface area contributed by atoms with Crippen molar-refractivity contribution in [2.75, 3.05) is 5.73 Å². The number of benzene rings is 3. The van der Waals surface area contributed by atoms with Crippen molar-refractivity contribution in [3.05, 3.63) is 84.2 Å². The summed E-state index contributed by atoms with van der Waals surface area (Å²) in [6.45, 7) is 0.414. The maximum Gasteiger partial charge on any atom is 0.141 e. The van der Waals surface area contributed by atoms with Crippen molar-refractivity contribution in [1.29, 1.82) is 0 Å². The highest BCUT2D eigenvalue weighted by Crippen LogP contribution is 2.27. The minimum atomic E-state index is -0.214. The van der Waals surface area contributed by atoms with Gasteiger partial charge in [0.15, 0.2) is 0 Å². The monoisotopic (exact) mass is 317 g/mol. The molecule has 3 aromatic carbocycles. The first-order valence-electron chi connectivity index (χ1n) is 7.77. The van der Waals surface area contributed by atoms with Gasteiger partial charge in [0.05, 0.1) is 17.6 Å². The zero-order chi connectivity index (χ0) is 16.5. The number of hydrogen-bond donors (Lipinski definition) is 1. The molecule has 0 spiro atoms. The molecule has 2 N–H and O–H groups in total. The Balaban J connectivity index is 1.92. The lowest BCUT2D eigenvalue weighted by Crippen LogP contribution is -2.04. The van der Waals surface area contributed by atoms with E-state index in [4.69, 9.17) is 10.7 Å². The van der Waals surface area contributed by atoms with Gasteiger partial charge in [0.2, 0.25) is 0 Å². The number of para-hydroxylation sites is 2. The lowest BCUT2D eigenvalue weighted by Gasteiger charge is -2.11. The van der Waals surface area contributed by atoms with Crippen LogP contribution in [-0.2, 0) is 6.54 Å². The molecule has 0 unspecified atom stereocenters. The summed E-state index contributed by atoms with van der Waals surface area (Å²) in [5, 5.41) is 0. The average molecular weight is 317 g/mol. The van der Waals surface area contributed by atoms with E-state index < -0.39 is 0 Å². The lowest BCUT2D eigenvalue weighted by molar-refractivity contribution is 0.602. The zero-order valence-corrected chi connectivity index (χ0v) is 13.0. The Bertz CT molecular complexity index is 1020. The van der Waals surface area contributed by atoms with Gasteiger partial charge < -0.3 is 10.3 Å². The molecule has 0 aliphatic heterocycles. The van der Waals surface area contributed by atoms with Crippen LogP contribution in [0.1, 0.15) is 5.56 Å². The SMILES string of the molecule is Nc1cccc(-c2nc3ccccc3n2Cc2ccccc2F)c1. The summed E-state index contributed by atoms with van der Waals surface area (Å²) in [4.78, 5) is 4.73. The lowest BCUT2D eigenvalue weighted by atomic mass is 10.1. The molecule has 0 radical (unpaired) electrons. The Kier molecular flexibility index (Phi) is 3.50. The number of aromatic nitrogens is 2. The molecule has 4 heteroatoms. The van der Waals surface area contributed by atoms with Gasteiger partial charge in [-0.05, 0) is 30.3 Å².